The van der Waals surface area contributed by atoms with Gasteiger partial charge < -0.3 is 9.73 Å². The Morgan fingerprint density at radius 2 is 1.35 bits per heavy atom. The van der Waals surface area contributed by atoms with E-state index in [0.717, 1.165) is 58.1 Å². The zero-order valence-electron chi connectivity index (χ0n) is 20.3. The lowest BCUT2D eigenvalue weighted by molar-refractivity contribution is 0.546. The summed E-state index contributed by atoms with van der Waals surface area (Å²) in [5.74, 6) is 2.73. The monoisotopic (exact) mass is 479 g/mol. The zero-order chi connectivity index (χ0) is 24.6. The molecule has 1 unspecified atom stereocenters. The molecule has 0 radical (unpaired) electrons. The number of hydrogen-bond donors (Lipinski definition) is 1. The van der Waals surface area contributed by atoms with E-state index in [1.807, 2.05) is 36.4 Å². The van der Waals surface area contributed by atoms with Crippen molar-refractivity contribution in [3.8, 4) is 11.1 Å². The smallest absolute Gasteiger partial charge is 0.169 e. The molecule has 0 spiro atoms. The van der Waals surface area contributed by atoms with Crippen LogP contribution in [0.25, 0.3) is 28.2 Å². The number of furan rings is 1. The van der Waals surface area contributed by atoms with Crippen LogP contribution in [0.2, 0.25) is 0 Å². The second kappa shape index (κ2) is 9.07. The summed E-state index contributed by atoms with van der Waals surface area (Å²) in [5.41, 5.74) is 7.64. The third kappa shape index (κ3) is 3.97. The Morgan fingerprint density at radius 3 is 2.11 bits per heavy atom. The molecule has 4 heteroatoms. The predicted molar refractivity (Wildman–Crippen MR) is 151 cm³/mol. The summed E-state index contributed by atoms with van der Waals surface area (Å²) in [7, 11) is 0. The SMILES string of the molecule is C1=Cc2c(oc3cccc(-c4ccc(C5=NC(c6ccccc6)N=C(c6ccccc6)N5)cc4)c23)CC1. The van der Waals surface area contributed by atoms with E-state index in [9.17, 15) is 0 Å². The molecule has 0 saturated heterocycles. The van der Waals surface area contributed by atoms with Crippen molar-refractivity contribution in [3.05, 3.63) is 137 Å². The van der Waals surface area contributed by atoms with Crippen molar-refractivity contribution in [1.82, 2.24) is 5.32 Å². The fraction of sp³-hybridized carbons (Fsp3) is 0.0909. The maximum Gasteiger partial charge on any atom is 0.169 e. The van der Waals surface area contributed by atoms with Crippen LogP contribution >= 0.6 is 0 Å². The van der Waals surface area contributed by atoms with E-state index in [1.165, 1.54) is 16.5 Å². The second-order valence-corrected chi connectivity index (χ2v) is 9.37. The number of amidine groups is 2. The normalized spacial score (nSPS) is 16.6. The van der Waals surface area contributed by atoms with Gasteiger partial charge in [-0.3, -0.25) is 0 Å². The second-order valence-electron chi connectivity index (χ2n) is 9.37. The molecule has 1 aliphatic heterocycles. The highest BCUT2D eigenvalue weighted by Gasteiger charge is 2.21. The molecule has 1 atom stereocenters. The first kappa shape index (κ1) is 21.6. The van der Waals surface area contributed by atoms with Crippen LogP contribution in [0.4, 0.5) is 0 Å². The van der Waals surface area contributed by atoms with Crippen LogP contribution in [-0.4, -0.2) is 11.7 Å². The Hall–Kier alpha value is -4.70. The molecule has 178 valence electrons. The van der Waals surface area contributed by atoms with Gasteiger partial charge in [0.2, 0.25) is 0 Å². The Morgan fingerprint density at radius 1 is 0.676 bits per heavy atom. The maximum atomic E-state index is 6.19. The summed E-state index contributed by atoms with van der Waals surface area (Å²) < 4.78 is 6.19. The first-order chi connectivity index (χ1) is 18.3. The molecule has 4 nitrogen and oxygen atoms in total. The Kier molecular flexibility index (Phi) is 5.29. The number of hydrogen-bond acceptors (Lipinski definition) is 4. The van der Waals surface area contributed by atoms with Crippen LogP contribution in [0.15, 0.2) is 124 Å². The molecule has 0 saturated carbocycles. The van der Waals surface area contributed by atoms with Gasteiger partial charge in [-0.15, -0.1) is 0 Å². The number of fused-ring (bicyclic) bond motifs is 3. The lowest BCUT2D eigenvalue weighted by Crippen LogP contribution is -2.36. The van der Waals surface area contributed by atoms with Crippen molar-refractivity contribution in [2.24, 2.45) is 9.98 Å². The quantitative estimate of drug-likeness (QED) is 0.289. The summed E-state index contributed by atoms with van der Waals surface area (Å²) in [6, 6.07) is 35.4. The van der Waals surface area contributed by atoms with Gasteiger partial charge in [-0.1, -0.05) is 109 Å². The number of nitrogens with one attached hydrogen (secondary N) is 1. The molecule has 0 bridgehead atoms. The Balaban J connectivity index is 1.27. The van der Waals surface area contributed by atoms with Crippen molar-refractivity contribution in [3.63, 3.8) is 0 Å². The van der Waals surface area contributed by atoms with Gasteiger partial charge in [0.05, 0.1) is 0 Å². The van der Waals surface area contributed by atoms with E-state index < -0.39 is 0 Å². The van der Waals surface area contributed by atoms with E-state index in [-0.39, 0.29) is 6.17 Å². The minimum Gasteiger partial charge on any atom is -0.460 e. The molecule has 0 amide bonds. The van der Waals surface area contributed by atoms with Gasteiger partial charge in [0, 0.05) is 28.5 Å². The van der Waals surface area contributed by atoms with Gasteiger partial charge in [0.15, 0.2) is 6.17 Å². The summed E-state index contributed by atoms with van der Waals surface area (Å²) >= 11 is 0. The number of nitrogens with zero attached hydrogens (tertiary/aromatic N) is 2. The molecule has 1 aliphatic carbocycles. The molecular formula is C33H25N3O. The first-order valence-corrected chi connectivity index (χ1v) is 12.7. The lowest BCUT2D eigenvalue weighted by Gasteiger charge is -2.22. The molecule has 2 heterocycles. The molecule has 1 aromatic heterocycles. The van der Waals surface area contributed by atoms with Crippen molar-refractivity contribution in [2.45, 2.75) is 19.0 Å². The van der Waals surface area contributed by atoms with Crippen LogP contribution in [0.1, 0.15) is 40.6 Å². The van der Waals surface area contributed by atoms with E-state index >= 15 is 0 Å². The molecule has 4 aromatic carbocycles. The van der Waals surface area contributed by atoms with Crippen LogP contribution in [0.5, 0.6) is 0 Å². The van der Waals surface area contributed by atoms with Gasteiger partial charge >= 0.3 is 0 Å². The predicted octanol–water partition coefficient (Wildman–Crippen LogP) is 7.55. The third-order valence-corrected chi connectivity index (χ3v) is 7.01. The zero-order valence-corrected chi connectivity index (χ0v) is 20.3. The van der Waals surface area contributed by atoms with E-state index in [4.69, 9.17) is 14.4 Å². The molecule has 5 aromatic rings. The maximum absolute atomic E-state index is 6.19. The summed E-state index contributed by atoms with van der Waals surface area (Å²) in [6.07, 6.45) is 6.13. The van der Waals surface area contributed by atoms with Crippen molar-refractivity contribution in [2.75, 3.05) is 0 Å². The highest BCUT2D eigenvalue weighted by Crippen LogP contribution is 2.38. The first-order valence-electron chi connectivity index (χ1n) is 12.7. The molecular weight excluding hydrogens is 454 g/mol. The van der Waals surface area contributed by atoms with Crippen molar-refractivity contribution >= 4 is 28.7 Å². The summed E-state index contributed by atoms with van der Waals surface area (Å²) in [6.45, 7) is 0. The molecule has 7 rings (SSSR count). The number of aliphatic imine (C=N–C) groups is 2. The minimum atomic E-state index is -0.301. The number of benzene rings is 4. The van der Waals surface area contributed by atoms with E-state index in [0.29, 0.717) is 0 Å². The van der Waals surface area contributed by atoms with Crippen LogP contribution < -0.4 is 5.32 Å². The van der Waals surface area contributed by atoms with Crippen LogP contribution in [0, 0.1) is 0 Å². The molecule has 0 fully saturated rings. The van der Waals surface area contributed by atoms with Gasteiger partial charge in [-0.05, 0) is 29.2 Å². The number of allylic oxidation sites excluding steroid dienone is 1. The number of rotatable bonds is 4. The summed E-state index contributed by atoms with van der Waals surface area (Å²) in [4.78, 5) is 9.93. The highest BCUT2D eigenvalue weighted by molar-refractivity contribution is 6.16. The van der Waals surface area contributed by atoms with Gasteiger partial charge in [0.25, 0.3) is 0 Å². The third-order valence-electron chi connectivity index (χ3n) is 7.01. The molecule has 37 heavy (non-hydrogen) atoms. The minimum absolute atomic E-state index is 0.301. The van der Waals surface area contributed by atoms with Crippen molar-refractivity contribution < 1.29 is 4.42 Å². The fourth-order valence-corrected chi connectivity index (χ4v) is 5.16. The average Bonchev–Trinajstić information content (AvgIpc) is 3.37. The fourth-order valence-electron chi connectivity index (χ4n) is 5.16. The Labute approximate surface area is 215 Å². The van der Waals surface area contributed by atoms with Crippen molar-refractivity contribution in [1.29, 1.82) is 0 Å². The van der Waals surface area contributed by atoms with E-state index in [1.54, 1.807) is 0 Å². The highest BCUT2D eigenvalue weighted by atomic mass is 16.3. The topological polar surface area (TPSA) is 49.9 Å². The Bertz CT molecular complexity index is 1680. The summed E-state index contributed by atoms with van der Waals surface area (Å²) in [5, 5.41) is 4.68. The van der Waals surface area contributed by atoms with E-state index in [2.05, 4.69) is 84.2 Å². The average molecular weight is 480 g/mol. The van der Waals surface area contributed by atoms with Crippen LogP contribution in [0.3, 0.4) is 0 Å². The lowest BCUT2D eigenvalue weighted by atomic mass is 9.95. The molecule has 1 N–H and O–H groups in total. The van der Waals surface area contributed by atoms with Crippen LogP contribution in [-0.2, 0) is 6.42 Å². The van der Waals surface area contributed by atoms with Gasteiger partial charge in [-0.2, -0.15) is 0 Å². The standard InChI is InChI=1S/C33H25N3O/c1-3-10-23(11-4-1)31-34-32(24-12-5-2-6-13-24)36-33(35-31)25-20-18-22(19-21-25)26-15-9-17-29-30(26)27-14-7-8-16-28(27)37-29/h1-7,9-15,17-21,31H,8,16H2,(H,34,35,36). The molecule has 2 aliphatic rings. The number of aryl methyl sites for hydroxylation is 1. The van der Waals surface area contributed by atoms with Gasteiger partial charge in [-0.25, -0.2) is 9.98 Å². The largest absolute Gasteiger partial charge is 0.460 e. The van der Waals surface area contributed by atoms with Gasteiger partial charge in [0.1, 0.15) is 23.0 Å².